The molecule has 0 radical (unpaired) electrons. The summed E-state index contributed by atoms with van der Waals surface area (Å²) in [5, 5.41) is 6.14. The highest BCUT2D eigenvalue weighted by atomic mass is 32.2. The molecule has 0 atom stereocenters. The monoisotopic (exact) mass is 319 g/mol. The topological polar surface area (TPSA) is 74.8 Å². The van der Waals surface area contributed by atoms with E-state index in [4.69, 9.17) is 0 Å². The standard InChI is InChI=1S/C11H11F2N3O2S2/c1-7-10(6-14-15-7)20(17,18)16-8-4-2-3-5-9(8)19-11(12)13/h2-6,11,16H,1H3,(H,14,15). The third-order valence-electron chi connectivity index (χ3n) is 2.42. The molecule has 2 N–H and O–H groups in total. The number of para-hydroxylation sites is 1. The second-order valence-electron chi connectivity index (χ2n) is 3.84. The predicted octanol–water partition coefficient (Wildman–Crippen LogP) is 2.83. The maximum absolute atomic E-state index is 12.4. The van der Waals surface area contributed by atoms with Crippen molar-refractivity contribution in [2.24, 2.45) is 0 Å². The maximum atomic E-state index is 12.4. The van der Waals surface area contributed by atoms with Gasteiger partial charge in [0.05, 0.1) is 17.6 Å². The first-order valence-electron chi connectivity index (χ1n) is 5.47. The lowest BCUT2D eigenvalue weighted by atomic mass is 10.3. The Kier molecular flexibility index (Phi) is 4.29. The number of rotatable bonds is 5. The van der Waals surface area contributed by atoms with Crippen LogP contribution >= 0.6 is 11.8 Å². The minimum absolute atomic E-state index is 0.0191. The highest BCUT2D eigenvalue weighted by molar-refractivity contribution is 7.99. The second kappa shape index (κ2) is 5.80. The first kappa shape index (κ1) is 14.8. The Morgan fingerprint density at radius 1 is 1.35 bits per heavy atom. The van der Waals surface area contributed by atoms with Crippen LogP contribution in [0.4, 0.5) is 14.5 Å². The van der Waals surface area contributed by atoms with Gasteiger partial charge in [-0.2, -0.15) is 13.9 Å². The quantitative estimate of drug-likeness (QED) is 0.831. The average Bonchev–Trinajstić information content (AvgIpc) is 2.78. The molecule has 0 aliphatic heterocycles. The van der Waals surface area contributed by atoms with Crippen molar-refractivity contribution in [2.45, 2.75) is 22.5 Å². The average molecular weight is 319 g/mol. The molecule has 0 aliphatic rings. The van der Waals surface area contributed by atoms with Gasteiger partial charge in [-0.3, -0.25) is 9.82 Å². The normalized spacial score (nSPS) is 11.8. The van der Waals surface area contributed by atoms with Gasteiger partial charge in [0.25, 0.3) is 15.8 Å². The van der Waals surface area contributed by atoms with Gasteiger partial charge >= 0.3 is 0 Å². The molecular weight excluding hydrogens is 308 g/mol. The molecule has 0 unspecified atom stereocenters. The van der Waals surface area contributed by atoms with Crippen LogP contribution in [-0.4, -0.2) is 24.4 Å². The minimum atomic E-state index is -3.86. The molecule has 2 aromatic rings. The summed E-state index contributed by atoms with van der Waals surface area (Å²) in [4.78, 5) is 0.140. The summed E-state index contributed by atoms with van der Waals surface area (Å²) < 4.78 is 51.5. The molecule has 1 aromatic heterocycles. The number of nitrogens with zero attached hydrogens (tertiary/aromatic N) is 1. The molecule has 0 bridgehead atoms. The van der Waals surface area contributed by atoms with E-state index in [0.29, 0.717) is 5.69 Å². The van der Waals surface area contributed by atoms with Crippen LogP contribution in [0.25, 0.3) is 0 Å². The van der Waals surface area contributed by atoms with Crippen molar-refractivity contribution in [2.75, 3.05) is 4.72 Å². The van der Waals surface area contributed by atoms with Crippen LogP contribution in [0.3, 0.4) is 0 Å². The molecule has 0 saturated heterocycles. The van der Waals surface area contributed by atoms with E-state index in [1.54, 1.807) is 19.1 Å². The van der Waals surface area contributed by atoms with Crippen molar-refractivity contribution >= 4 is 27.5 Å². The van der Waals surface area contributed by atoms with Gasteiger partial charge in [0, 0.05) is 4.90 Å². The van der Waals surface area contributed by atoms with Gasteiger partial charge in [-0.05, 0) is 19.1 Å². The molecule has 0 spiro atoms. The number of sulfonamides is 1. The lowest BCUT2D eigenvalue weighted by Crippen LogP contribution is -2.14. The third kappa shape index (κ3) is 3.28. The molecule has 5 nitrogen and oxygen atoms in total. The molecule has 108 valence electrons. The number of aromatic amines is 1. The van der Waals surface area contributed by atoms with Crippen LogP contribution in [0.5, 0.6) is 0 Å². The van der Waals surface area contributed by atoms with Gasteiger partial charge in [-0.25, -0.2) is 8.42 Å². The summed E-state index contributed by atoms with van der Waals surface area (Å²) in [7, 11) is -3.86. The number of alkyl halides is 2. The first-order valence-corrected chi connectivity index (χ1v) is 7.83. The third-order valence-corrected chi connectivity index (χ3v) is 4.69. The number of benzene rings is 1. The summed E-state index contributed by atoms with van der Waals surface area (Å²) in [5.74, 6) is -2.63. The van der Waals surface area contributed by atoms with Crippen molar-refractivity contribution in [3.05, 3.63) is 36.2 Å². The van der Waals surface area contributed by atoms with Crippen molar-refractivity contribution < 1.29 is 17.2 Å². The first-order chi connectivity index (χ1) is 9.40. The van der Waals surface area contributed by atoms with E-state index in [0.717, 1.165) is 0 Å². The molecule has 0 saturated carbocycles. The fraction of sp³-hybridized carbons (Fsp3) is 0.182. The summed E-state index contributed by atoms with van der Waals surface area (Å²) in [5.41, 5.74) is 0.481. The van der Waals surface area contributed by atoms with Crippen molar-refractivity contribution in [1.29, 1.82) is 0 Å². The summed E-state index contributed by atoms with van der Waals surface area (Å²) in [6.07, 6.45) is 1.17. The molecule has 0 aliphatic carbocycles. The highest BCUT2D eigenvalue weighted by Crippen LogP contribution is 2.32. The van der Waals surface area contributed by atoms with Crippen molar-refractivity contribution in [3.63, 3.8) is 0 Å². The number of aromatic nitrogens is 2. The summed E-state index contributed by atoms with van der Waals surface area (Å²) in [6, 6.07) is 5.98. The largest absolute Gasteiger partial charge is 0.288 e. The number of H-pyrrole nitrogens is 1. The zero-order valence-electron chi connectivity index (χ0n) is 10.3. The number of nitrogens with one attached hydrogen (secondary N) is 2. The molecule has 0 fully saturated rings. The van der Waals surface area contributed by atoms with Gasteiger partial charge < -0.3 is 0 Å². The molecule has 2 rings (SSSR count). The summed E-state index contributed by atoms with van der Waals surface area (Å²) in [6.45, 7) is 1.56. The Hall–Kier alpha value is -1.61. The van der Waals surface area contributed by atoms with Gasteiger partial charge in [0.15, 0.2) is 0 Å². The Morgan fingerprint density at radius 3 is 2.65 bits per heavy atom. The molecule has 9 heteroatoms. The summed E-state index contributed by atoms with van der Waals surface area (Å²) >= 11 is 0.283. The van der Waals surface area contributed by atoms with Gasteiger partial charge in [-0.1, -0.05) is 23.9 Å². The van der Waals surface area contributed by atoms with E-state index in [9.17, 15) is 17.2 Å². The predicted molar refractivity (Wildman–Crippen MR) is 72.4 cm³/mol. The SMILES string of the molecule is Cc1[nH]ncc1S(=O)(=O)Nc1ccccc1SC(F)F. The van der Waals surface area contributed by atoms with E-state index >= 15 is 0 Å². The number of hydrogen-bond acceptors (Lipinski definition) is 4. The van der Waals surface area contributed by atoms with Crippen molar-refractivity contribution in [3.8, 4) is 0 Å². The smallest absolute Gasteiger partial charge is 0.281 e. The van der Waals surface area contributed by atoms with Crippen molar-refractivity contribution in [1.82, 2.24) is 10.2 Å². The fourth-order valence-corrected chi connectivity index (χ4v) is 3.44. The van der Waals surface area contributed by atoms with Crippen LogP contribution in [0.1, 0.15) is 5.69 Å². The molecular formula is C11H11F2N3O2S2. The van der Waals surface area contributed by atoms with Crippen LogP contribution in [0, 0.1) is 6.92 Å². The zero-order valence-corrected chi connectivity index (χ0v) is 11.9. The lowest BCUT2D eigenvalue weighted by molar-refractivity contribution is 0.252. The zero-order chi connectivity index (χ0) is 14.8. The Morgan fingerprint density at radius 2 is 2.05 bits per heavy atom. The number of thioether (sulfide) groups is 1. The van der Waals surface area contributed by atoms with E-state index in [-0.39, 0.29) is 27.2 Å². The minimum Gasteiger partial charge on any atom is -0.281 e. The molecule has 20 heavy (non-hydrogen) atoms. The number of aryl methyl sites for hydroxylation is 1. The van der Waals surface area contributed by atoms with Crippen LogP contribution in [0.15, 0.2) is 40.3 Å². The fourth-order valence-electron chi connectivity index (χ4n) is 1.56. The van der Waals surface area contributed by atoms with E-state index in [1.807, 2.05) is 0 Å². The Bertz CT molecular complexity index is 701. The number of halogens is 2. The van der Waals surface area contributed by atoms with Gasteiger partial charge in [-0.15, -0.1) is 0 Å². The number of hydrogen-bond donors (Lipinski definition) is 2. The number of anilines is 1. The Balaban J connectivity index is 2.33. The van der Waals surface area contributed by atoms with E-state index < -0.39 is 15.8 Å². The maximum Gasteiger partial charge on any atom is 0.288 e. The van der Waals surface area contributed by atoms with Crippen LogP contribution in [-0.2, 0) is 10.0 Å². The molecule has 0 amide bonds. The van der Waals surface area contributed by atoms with Gasteiger partial charge in [0.2, 0.25) is 0 Å². The molecule has 1 aromatic carbocycles. The second-order valence-corrected chi connectivity index (χ2v) is 6.52. The van der Waals surface area contributed by atoms with Crippen LogP contribution in [0.2, 0.25) is 0 Å². The van der Waals surface area contributed by atoms with Crippen LogP contribution < -0.4 is 4.72 Å². The lowest BCUT2D eigenvalue weighted by Gasteiger charge is -2.11. The molecule has 1 heterocycles. The van der Waals surface area contributed by atoms with E-state index in [1.165, 1.54) is 18.3 Å². The highest BCUT2D eigenvalue weighted by Gasteiger charge is 2.20. The van der Waals surface area contributed by atoms with E-state index in [2.05, 4.69) is 14.9 Å². The Labute approximate surface area is 118 Å². The van der Waals surface area contributed by atoms with Gasteiger partial charge in [0.1, 0.15) is 4.90 Å².